The van der Waals surface area contributed by atoms with E-state index in [0.29, 0.717) is 41.1 Å². The number of aliphatic hydroxyl groups excluding tert-OH is 2. The predicted octanol–water partition coefficient (Wildman–Crippen LogP) is 5.89. The molecule has 5 nitrogen and oxygen atoms in total. The summed E-state index contributed by atoms with van der Waals surface area (Å²) in [4.78, 5) is 0. The fourth-order valence-corrected chi connectivity index (χ4v) is 12.5. The molecule has 0 aromatic rings. The van der Waals surface area contributed by atoms with Crippen molar-refractivity contribution in [3.63, 3.8) is 0 Å². The van der Waals surface area contributed by atoms with E-state index in [2.05, 4.69) is 41.2 Å². The first-order chi connectivity index (χ1) is 18.0. The molecule has 0 radical (unpaired) electrons. The fraction of sp³-hybridized carbons (Fsp3) is 0.941. The summed E-state index contributed by atoms with van der Waals surface area (Å²) in [7, 11) is 0. The molecule has 5 aliphatic carbocycles. The molecule has 6 rings (SSSR count). The summed E-state index contributed by atoms with van der Waals surface area (Å²) < 4.78 is 13.1. The van der Waals surface area contributed by atoms with Crippen LogP contribution in [0.4, 0.5) is 0 Å². The van der Waals surface area contributed by atoms with Crippen LogP contribution in [0.5, 0.6) is 0 Å². The van der Waals surface area contributed by atoms with Gasteiger partial charge in [-0.05, 0) is 117 Å². The SMILES string of the molecule is C=C(C)CO[C@@H](C1C[C@@H](C)[C@H]2C(O1)[C@H](O)[C@@]1(C)C3CC[C@H]4C(C)(C)C(O)CC[C@@]45C[C@@]35CC[C@]21C)C(C)(C)O. The van der Waals surface area contributed by atoms with E-state index in [1.165, 1.54) is 19.3 Å². The number of aliphatic hydroxyl groups is 3. The average molecular weight is 545 g/mol. The molecule has 13 atom stereocenters. The third-order valence-corrected chi connectivity index (χ3v) is 14.3. The standard InChI is InChI=1S/C34H56O5/c1-19(2)17-38-28(30(6,7)37)21-16-20(3)25-26(39-21)27(36)32(9)23-11-10-22-29(4,5)24(35)12-13-33(22)18-34(23,33)15-14-31(25,32)8/h20-28,35-37H,1,10-18H2,2-9H3/t20-,21?,22+,23?,24?,25+,26?,27+,28+,31-,32-,33-,34+/m1/s1. The zero-order chi connectivity index (χ0) is 28.6. The number of hydrogen-bond acceptors (Lipinski definition) is 5. The molecule has 0 amide bonds. The Morgan fingerprint density at radius 2 is 1.67 bits per heavy atom. The molecule has 6 fully saturated rings. The van der Waals surface area contributed by atoms with Gasteiger partial charge in [-0.3, -0.25) is 0 Å². The molecule has 39 heavy (non-hydrogen) atoms. The van der Waals surface area contributed by atoms with Crippen LogP contribution in [0.3, 0.4) is 0 Å². The number of ether oxygens (including phenoxy) is 2. The quantitative estimate of drug-likeness (QED) is 0.376. The number of rotatable bonds is 5. The summed E-state index contributed by atoms with van der Waals surface area (Å²) in [5.41, 5.74) is 0.291. The lowest BCUT2D eigenvalue weighted by molar-refractivity contribution is -0.214. The second-order valence-corrected chi connectivity index (χ2v) is 16.9. The first-order valence-corrected chi connectivity index (χ1v) is 16.0. The van der Waals surface area contributed by atoms with E-state index < -0.39 is 17.8 Å². The predicted molar refractivity (Wildman–Crippen MR) is 153 cm³/mol. The van der Waals surface area contributed by atoms with Gasteiger partial charge in [-0.1, -0.05) is 46.8 Å². The minimum atomic E-state index is -1.06. The normalized spacial score (nSPS) is 54.4. The molecule has 222 valence electrons. The van der Waals surface area contributed by atoms with Crippen molar-refractivity contribution in [2.24, 2.45) is 50.7 Å². The molecule has 0 aromatic heterocycles. The van der Waals surface area contributed by atoms with Crippen LogP contribution in [0.1, 0.15) is 107 Å². The van der Waals surface area contributed by atoms with Crippen LogP contribution in [0, 0.1) is 50.7 Å². The van der Waals surface area contributed by atoms with Gasteiger partial charge in [0.15, 0.2) is 0 Å². The summed E-state index contributed by atoms with van der Waals surface area (Å²) in [6.45, 7) is 21.8. The Morgan fingerprint density at radius 1 is 1.03 bits per heavy atom. The smallest absolute Gasteiger partial charge is 0.112 e. The van der Waals surface area contributed by atoms with Gasteiger partial charge in [-0.2, -0.15) is 0 Å². The van der Waals surface area contributed by atoms with E-state index in [1.807, 2.05) is 6.92 Å². The number of fused-ring (bicyclic) bond motifs is 4. The van der Waals surface area contributed by atoms with E-state index in [0.717, 1.165) is 37.7 Å². The van der Waals surface area contributed by atoms with E-state index in [1.54, 1.807) is 13.8 Å². The second-order valence-electron chi connectivity index (χ2n) is 16.9. The van der Waals surface area contributed by atoms with E-state index in [9.17, 15) is 15.3 Å². The highest BCUT2D eigenvalue weighted by Crippen LogP contribution is 2.89. The van der Waals surface area contributed by atoms with Crippen LogP contribution >= 0.6 is 0 Å². The molecular weight excluding hydrogens is 488 g/mol. The Kier molecular flexibility index (Phi) is 6.29. The van der Waals surface area contributed by atoms with Crippen molar-refractivity contribution in [1.29, 1.82) is 0 Å². The van der Waals surface area contributed by atoms with Crippen molar-refractivity contribution < 1.29 is 24.8 Å². The monoisotopic (exact) mass is 544 g/mol. The maximum absolute atomic E-state index is 12.4. The molecule has 5 saturated carbocycles. The summed E-state index contributed by atoms with van der Waals surface area (Å²) in [5.74, 6) is 1.74. The fourth-order valence-electron chi connectivity index (χ4n) is 12.5. The summed E-state index contributed by atoms with van der Waals surface area (Å²) in [5, 5.41) is 34.5. The van der Waals surface area contributed by atoms with Gasteiger partial charge >= 0.3 is 0 Å². The Morgan fingerprint density at radius 3 is 2.31 bits per heavy atom. The van der Waals surface area contributed by atoms with E-state index in [4.69, 9.17) is 9.47 Å². The van der Waals surface area contributed by atoms with Gasteiger partial charge in [0.05, 0.1) is 36.6 Å². The van der Waals surface area contributed by atoms with Gasteiger partial charge in [-0.25, -0.2) is 0 Å². The first-order valence-electron chi connectivity index (χ1n) is 16.0. The molecule has 1 heterocycles. The minimum absolute atomic E-state index is 0.0144. The van der Waals surface area contributed by atoms with Gasteiger partial charge in [0, 0.05) is 5.41 Å². The molecule has 3 N–H and O–H groups in total. The van der Waals surface area contributed by atoms with Crippen molar-refractivity contribution in [2.75, 3.05) is 6.61 Å². The molecule has 1 aliphatic heterocycles. The van der Waals surface area contributed by atoms with Crippen molar-refractivity contribution in [2.45, 2.75) is 143 Å². The van der Waals surface area contributed by atoms with Crippen molar-refractivity contribution >= 4 is 0 Å². The topological polar surface area (TPSA) is 79.2 Å². The van der Waals surface area contributed by atoms with E-state index in [-0.39, 0.29) is 34.6 Å². The zero-order valence-corrected chi connectivity index (χ0v) is 25.9. The third kappa shape index (κ3) is 3.49. The van der Waals surface area contributed by atoms with Crippen molar-refractivity contribution in [3.8, 4) is 0 Å². The molecule has 1 saturated heterocycles. The Hall–Kier alpha value is -0.460. The van der Waals surface area contributed by atoms with Crippen molar-refractivity contribution in [3.05, 3.63) is 12.2 Å². The maximum Gasteiger partial charge on any atom is 0.112 e. The lowest BCUT2D eigenvalue weighted by Crippen LogP contribution is -2.59. The highest BCUT2D eigenvalue weighted by atomic mass is 16.6. The molecular formula is C34H56O5. The highest BCUT2D eigenvalue weighted by Gasteiger charge is 2.84. The maximum atomic E-state index is 12.4. The van der Waals surface area contributed by atoms with Crippen molar-refractivity contribution in [1.82, 2.24) is 0 Å². The van der Waals surface area contributed by atoms with Crippen LogP contribution < -0.4 is 0 Å². The van der Waals surface area contributed by atoms with Crippen LogP contribution in [0.25, 0.3) is 0 Å². The highest BCUT2D eigenvalue weighted by molar-refractivity contribution is 5.32. The Labute approximate surface area is 237 Å². The van der Waals surface area contributed by atoms with Crippen LogP contribution in [0.2, 0.25) is 0 Å². The zero-order valence-electron chi connectivity index (χ0n) is 25.9. The Bertz CT molecular complexity index is 1020. The van der Waals surface area contributed by atoms with Gasteiger partial charge in [0.25, 0.3) is 0 Å². The third-order valence-electron chi connectivity index (χ3n) is 14.3. The lowest BCUT2D eigenvalue weighted by Gasteiger charge is -2.63. The number of hydrogen-bond donors (Lipinski definition) is 3. The van der Waals surface area contributed by atoms with Crippen LogP contribution in [0.15, 0.2) is 12.2 Å². The largest absolute Gasteiger partial charge is 0.393 e. The van der Waals surface area contributed by atoms with Gasteiger partial charge in [0.1, 0.15) is 6.10 Å². The van der Waals surface area contributed by atoms with Crippen LogP contribution in [-0.4, -0.2) is 58.0 Å². The molecule has 2 spiro atoms. The lowest BCUT2D eigenvalue weighted by atomic mass is 9.41. The van der Waals surface area contributed by atoms with E-state index >= 15 is 0 Å². The molecule has 5 heteroatoms. The van der Waals surface area contributed by atoms with Crippen LogP contribution in [-0.2, 0) is 9.47 Å². The molecule has 0 bridgehead atoms. The summed E-state index contributed by atoms with van der Waals surface area (Å²) >= 11 is 0. The molecule has 6 aliphatic rings. The Balaban J connectivity index is 1.33. The minimum Gasteiger partial charge on any atom is -0.393 e. The first kappa shape index (κ1) is 28.6. The van der Waals surface area contributed by atoms with Gasteiger partial charge in [0.2, 0.25) is 0 Å². The van der Waals surface area contributed by atoms with Gasteiger partial charge < -0.3 is 24.8 Å². The summed E-state index contributed by atoms with van der Waals surface area (Å²) in [6, 6.07) is 0. The summed E-state index contributed by atoms with van der Waals surface area (Å²) in [6.07, 6.45) is 7.20. The average Bonchev–Trinajstić information content (AvgIpc) is 3.46. The molecule has 0 aromatic carbocycles. The second kappa shape index (κ2) is 8.56. The molecule has 4 unspecified atom stereocenters. The van der Waals surface area contributed by atoms with Gasteiger partial charge in [-0.15, -0.1) is 0 Å².